The number of carbonyl (C=O) groups excluding carboxylic acids is 1. The Balaban J connectivity index is 2.72. The van der Waals surface area contributed by atoms with Crippen molar-refractivity contribution in [3.05, 3.63) is 35.4 Å². The first-order valence-corrected chi connectivity index (χ1v) is 6.98. The van der Waals surface area contributed by atoms with Gasteiger partial charge in [0.05, 0.1) is 6.04 Å². The molecule has 1 aromatic carbocycles. The van der Waals surface area contributed by atoms with Crippen LogP contribution in [0.4, 0.5) is 0 Å². The van der Waals surface area contributed by atoms with Gasteiger partial charge < -0.3 is 5.32 Å². The second-order valence-electron chi connectivity index (χ2n) is 5.60. The number of hydrogen-bond donors (Lipinski definition) is 2. The van der Waals surface area contributed by atoms with E-state index in [1.165, 1.54) is 11.1 Å². The van der Waals surface area contributed by atoms with E-state index in [0.29, 0.717) is 5.92 Å². The van der Waals surface area contributed by atoms with E-state index in [1.807, 2.05) is 0 Å². The van der Waals surface area contributed by atoms with Gasteiger partial charge in [0.15, 0.2) is 0 Å². The molecule has 1 aromatic rings. The first kappa shape index (κ1) is 15.7. The minimum Gasteiger partial charge on any atom is -0.358 e. The van der Waals surface area contributed by atoms with Gasteiger partial charge in [0.2, 0.25) is 5.91 Å². The minimum atomic E-state index is -0.138. The van der Waals surface area contributed by atoms with Crippen molar-refractivity contribution in [2.24, 2.45) is 5.92 Å². The summed E-state index contributed by atoms with van der Waals surface area (Å²) in [5, 5.41) is 6.16. The second kappa shape index (κ2) is 7.29. The average molecular weight is 262 g/mol. The Hall–Kier alpha value is -1.35. The third-order valence-electron chi connectivity index (χ3n) is 3.30. The van der Waals surface area contributed by atoms with Crippen molar-refractivity contribution in [3.8, 4) is 0 Å². The zero-order valence-electron chi connectivity index (χ0n) is 12.7. The minimum absolute atomic E-state index is 0.0626. The van der Waals surface area contributed by atoms with Crippen LogP contribution in [-0.2, 0) is 4.79 Å². The van der Waals surface area contributed by atoms with Gasteiger partial charge in [-0.25, -0.2) is 0 Å². The molecule has 0 aliphatic carbocycles. The van der Waals surface area contributed by atoms with Crippen LogP contribution in [-0.4, -0.2) is 19.0 Å². The zero-order chi connectivity index (χ0) is 14.4. The van der Waals surface area contributed by atoms with E-state index in [2.05, 4.69) is 62.6 Å². The molecule has 0 bridgehead atoms. The Kier molecular flexibility index (Phi) is 6.03. The van der Waals surface area contributed by atoms with Crippen molar-refractivity contribution < 1.29 is 4.79 Å². The third-order valence-corrected chi connectivity index (χ3v) is 3.30. The number of hydrogen-bond acceptors (Lipinski definition) is 2. The standard InChI is InChI=1S/C16H26N2O/c1-11(2)10-15(16(19)17-5)18-13(4)14-8-6-12(3)7-9-14/h6-9,11,13,15,18H,10H2,1-5H3,(H,17,19). The molecule has 1 rings (SSSR count). The number of aryl methyl sites for hydroxylation is 1. The lowest BCUT2D eigenvalue weighted by Gasteiger charge is -2.24. The summed E-state index contributed by atoms with van der Waals surface area (Å²) in [6, 6.07) is 8.46. The predicted octanol–water partition coefficient (Wildman–Crippen LogP) is 2.81. The molecule has 2 unspecified atom stereocenters. The van der Waals surface area contributed by atoms with Crippen molar-refractivity contribution in [1.29, 1.82) is 0 Å². The fourth-order valence-electron chi connectivity index (χ4n) is 2.15. The van der Waals surface area contributed by atoms with Gasteiger partial charge in [-0.3, -0.25) is 10.1 Å². The molecule has 0 aliphatic rings. The summed E-state index contributed by atoms with van der Waals surface area (Å²) < 4.78 is 0. The first-order valence-electron chi connectivity index (χ1n) is 6.98. The molecule has 0 spiro atoms. The lowest BCUT2D eigenvalue weighted by atomic mass is 10.00. The number of amides is 1. The van der Waals surface area contributed by atoms with Crippen LogP contribution in [0.1, 0.15) is 44.4 Å². The van der Waals surface area contributed by atoms with Crippen molar-refractivity contribution in [3.63, 3.8) is 0 Å². The lowest BCUT2D eigenvalue weighted by molar-refractivity contribution is -0.123. The van der Waals surface area contributed by atoms with E-state index < -0.39 is 0 Å². The molecule has 0 aliphatic heterocycles. The Morgan fingerprint density at radius 2 is 1.74 bits per heavy atom. The summed E-state index contributed by atoms with van der Waals surface area (Å²) in [6.07, 6.45) is 0.843. The zero-order valence-corrected chi connectivity index (χ0v) is 12.7. The molecule has 0 fully saturated rings. The topological polar surface area (TPSA) is 41.1 Å². The number of likely N-dealkylation sites (N-methyl/N-ethyl adjacent to an activating group) is 1. The fourth-order valence-corrected chi connectivity index (χ4v) is 2.15. The fraction of sp³-hybridized carbons (Fsp3) is 0.562. The molecule has 0 saturated carbocycles. The molecule has 1 amide bonds. The molecule has 2 N–H and O–H groups in total. The van der Waals surface area contributed by atoms with Crippen LogP contribution in [0.15, 0.2) is 24.3 Å². The summed E-state index contributed by atoms with van der Waals surface area (Å²) in [7, 11) is 1.69. The van der Waals surface area contributed by atoms with Crippen LogP contribution in [0.5, 0.6) is 0 Å². The predicted molar refractivity (Wildman–Crippen MR) is 80.0 cm³/mol. The third kappa shape index (κ3) is 5.03. The van der Waals surface area contributed by atoms with Crippen molar-refractivity contribution in [2.75, 3.05) is 7.05 Å². The summed E-state index contributed by atoms with van der Waals surface area (Å²) >= 11 is 0. The molecular weight excluding hydrogens is 236 g/mol. The Labute approximate surface area is 116 Å². The van der Waals surface area contributed by atoms with Gasteiger partial charge in [-0.15, -0.1) is 0 Å². The molecule has 19 heavy (non-hydrogen) atoms. The summed E-state index contributed by atoms with van der Waals surface area (Å²) in [4.78, 5) is 11.9. The summed E-state index contributed by atoms with van der Waals surface area (Å²) in [5.41, 5.74) is 2.46. The number of rotatable bonds is 6. The molecule has 3 nitrogen and oxygen atoms in total. The monoisotopic (exact) mass is 262 g/mol. The average Bonchev–Trinajstić information content (AvgIpc) is 2.37. The van der Waals surface area contributed by atoms with Crippen molar-refractivity contribution in [2.45, 2.75) is 46.2 Å². The van der Waals surface area contributed by atoms with Crippen LogP contribution in [0.25, 0.3) is 0 Å². The molecule has 2 atom stereocenters. The van der Waals surface area contributed by atoms with Gasteiger partial charge in [0, 0.05) is 13.1 Å². The molecule has 106 valence electrons. The number of carbonyl (C=O) groups is 1. The van der Waals surface area contributed by atoms with Gasteiger partial charge in [-0.05, 0) is 31.7 Å². The van der Waals surface area contributed by atoms with E-state index in [4.69, 9.17) is 0 Å². The molecule has 0 saturated heterocycles. The van der Waals surface area contributed by atoms with Gasteiger partial charge in [0.1, 0.15) is 0 Å². The second-order valence-corrected chi connectivity index (χ2v) is 5.60. The Morgan fingerprint density at radius 1 is 1.16 bits per heavy atom. The quantitative estimate of drug-likeness (QED) is 0.827. The molecule has 0 radical (unpaired) electrons. The van der Waals surface area contributed by atoms with Crippen molar-refractivity contribution >= 4 is 5.91 Å². The van der Waals surface area contributed by atoms with Gasteiger partial charge in [-0.1, -0.05) is 43.7 Å². The smallest absolute Gasteiger partial charge is 0.236 e. The maximum atomic E-state index is 11.9. The molecule has 0 heterocycles. The van der Waals surface area contributed by atoms with Crippen LogP contribution in [0.3, 0.4) is 0 Å². The highest BCUT2D eigenvalue weighted by Gasteiger charge is 2.20. The first-order chi connectivity index (χ1) is 8.93. The summed E-state index contributed by atoms with van der Waals surface area (Å²) in [6.45, 7) is 8.44. The molecule has 0 aromatic heterocycles. The van der Waals surface area contributed by atoms with Crippen LogP contribution < -0.4 is 10.6 Å². The number of benzene rings is 1. The molecular formula is C16H26N2O. The van der Waals surface area contributed by atoms with Crippen LogP contribution in [0, 0.1) is 12.8 Å². The normalized spacial score (nSPS) is 14.2. The van der Waals surface area contributed by atoms with E-state index >= 15 is 0 Å². The van der Waals surface area contributed by atoms with Gasteiger partial charge in [-0.2, -0.15) is 0 Å². The Bertz CT molecular complexity index is 398. The van der Waals surface area contributed by atoms with Crippen molar-refractivity contribution in [1.82, 2.24) is 10.6 Å². The molecule has 3 heteroatoms. The van der Waals surface area contributed by atoms with Gasteiger partial charge in [0.25, 0.3) is 0 Å². The SMILES string of the molecule is CNC(=O)C(CC(C)C)NC(C)c1ccc(C)cc1. The lowest BCUT2D eigenvalue weighted by Crippen LogP contribution is -2.44. The largest absolute Gasteiger partial charge is 0.358 e. The van der Waals surface area contributed by atoms with E-state index in [1.54, 1.807) is 7.05 Å². The highest BCUT2D eigenvalue weighted by Crippen LogP contribution is 2.16. The Morgan fingerprint density at radius 3 is 2.21 bits per heavy atom. The van der Waals surface area contributed by atoms with E-state index in [9.17, 15) is 4.79 Å². The number of nitrogens with one attached hydrogen (secondary N) is 2. The maximum absolute atomic E-state index is 11.9. The maximum Gasteiger partial charge on any atom is 0.236 e. The highest BCUT2D eigenvalue weighted by atomic mass is 16.2. The van der Waals surface area contributed by atoms with Crippen LogP contribution in [0.2, 0.25) is 0 Å². The highest BCUT2D eigenvalue weighted by molar-refractivity contribution is 5.81. The van der Waals surface area contributed by atoms with E-state index in [-0.39, 0.29) is 18.0 Å². The van der Waals surface area contributed by atoms with E-state index in [0.717, 1.165) is 6.42 Å². The van der Waals surface area contributed by atoms with Gasteiger partial charge >= 0.3 is 0 Å². The van der Waals surface area contributed by atoms with Crippen LogP contribution >= 0.6 is 0 Å². The summed E-state index contributed by atoms with van der Waals surface area (Å²) in [5.74, 6) is 0.549.